The number of hydrogen-bond acceptors (Lipinski definition) is 6. The molecule has 43 heavy (non-hydrogen) atoms. The molecule has 1 saturated carbocycles. The number of amides is 2. The fourth-order valence-electron chi connectivity index (χ4n) is 5.53. The van der Waals surface area contributed by atoms with Crippen LogP contribution in [0.25, 0.3) is 17.5 Å². The molecule has 1 aromatic carbocycles. The number of carbonyl (C=O) groups is 3. The molecule has 0 atom stereocenters. The van der Waals surface area contributed by atoms with E-state index in [4.69, 9.17) is 26.8 Å². The van der Waals surface area contributed by atoms with Gasteiger partial charge in [0, 0.05) is 41.4 Å². The lowest BCUT2D eigenvalue weighted by molar-refractivity contribution is -0.156. The number of aromatic nitrogens is 2. The molecule has 1 aromatic heterocycles. The predicted octanol–water partition coefficient (Wildman–Crippen LogP) is 5.56. The van der Waals surface area contributed by atoms with Crippen molar-refractivity contribution in [1.82, 2.24) is 20.0 Å². The van der Waals surface area contributed by atoms with Gasteiger partial charge in [-0.1, -0.05) is 50.6 Å². The number of nitrogens with zero attached hydrogens (tertiary/aromatic N) is 3. The smallest absolute Gasteiger partial charge is 0.311 e. The number of nitrogens with one attached hydrogen (secondary N) is 2. The Balaban J connectivity index is 1.82. The van der Waals surface area contributed by atoms with E-state index in [0.29, 0.717) is 62.1 Å². The summed E-state index contributed by atoms with van der Waals surface area (Å²) in [5, 5.41) is 17.0. The normalized spacial score (nSPS) is 19.2. The standard InChI is InChI=1S/C33H46ClN5O4/c1-31(2,3)26-20-27(23-10-12-25(34)13-11-23)37-39(28(26)35)19-9-8-18-38(21-32(4,5)36-22-40)29(41)24-14-16-33(6,17-15-24)30(42)43-7/h9-13,19-20,22,24,35H,8,14-18,21H2,1-7H3,(H,36,40)/b19-9+,35-28?. The number of ether oxygens (including phenoxy) is 1. The van der Waals surface area contributed by atoms with E-state index in [0.717, 1.165) is 16.8 Å². The molecule has 3 rings (SSSR count). The van der Waals surface area contributed by atoms with Gasteiger partial charge in [-0.2, -0.15) is 5.10 Å². The molecule has 9 nitrogen and oxygen atoms in total. The van der Waals surface area contributed by atoms with E-state index in [2.05, 4.69) is 26.1 Å². The van der Waals surface area contributed by atoms with Gasteiger partial charge in [-0.3, -0.25) is 19.8 Å². The Kier molecular flexibility index (Phi) is 11.0. The van der Waals surface area contributed by atoms with Crippen LogP contribution in [0.1, 0.15) is 79.2 Å². The number of rotatable bonds is 11. The Labute approximate surface area is 260 Å². The summed E-state index contributed by atoms with van der Waals surface area (Å²) in [5.41, 5.74) is 1.32. The molecule has 2 aromatic rings. The number of hydrogen-bond donors (Lipinski definition) is 2. The van der Waals surface area contributed by atoms with E-state index in [9.17, 15) is 14.4 Å². The molecule has 0 radical (unpaired) electrons. The van der Waals surface area contributed by atoms with Gasteiger partial charge in [-0.15, -0.1) is 0 Å². The molecule has 1 heterocycles. The van der Waals surface area contributed by atoms with E-state index in [1.807, 2.05) is 57.2 Å². The number of carbonyl (C=O) groups excluding carboxylic acids is 3. The van der Waals surface area contributed by atoms with Crippen LogP contribution in [0.5, 0.6) is 0 Å². The Hall–Kier alpha value is -3.46. The van der Waals surface area contributed by atoms with E-state index in [-0.39, 0.29) is 23.2 Å². The van der Waals surface area contributed by atoms with Crippen molar-refractivity contribution in [2.24, 2.45) is 11.3 Å². The monoisotopic (exact) mass is 611 g/mol. The van der Waals surface area contributed by atoms with Gasteiger partial charge in [0.1, 0.15) is 5.49 Å². The van der Waals surface area contributed by atoms with Gasteiger partial charge in [0.2, 0.25) is 12.3 Å². The van der Waals surface area contributed by atoms with Gasteiger partial charge in [0.25, 0.3) is 0 Å². The zero-order valence-corrected chi connectivity index (χ0v) is 27.3. The van der Waals surface area contributed by atoms with Crippen LogP contribution in [-0.2, 0) is 24.5 Å². The van der Waals surface area contributed by atoms with Crippen molar-refractivity contribution in [1.29, 1.82) is 5.41 Å². The molecule has 1 aliphatic carbocycles. The summed E-state index contributed by atoms with van der Waals surface area (Å²) in [4.78, 5) is 39.0. The second-order valence-corrected chi connectivity index (χ2v) is 13.8. The maximum atomic E-state index is 13.7. The van der Waals surface area contributed by atoms with Crippen LogP contribution >= 0.6 is 11.6 Å². The maximum absolute atomic E-state index is 13.7. The van der Waals surface area contributed by atoms with Crippen molar-refractivity contribution >= 4 is 36.1 Å². The molecule has 1 aliphatic rings. The summed E-state index contributed by atoms with van der Waals surface area (Å²) in [6.07, 6.45) is 7.27. The Morgan fingerprint density at radius 3 is 2.37 bits per heavy atom. The summed E-state index contributed by atoms with van der Waals surface area (Å²) < 4.78 is 6.57. The molecule has 0 bridgehead atoms. The van der Waals surface area contributed by atoms with Crippen LogP contribution in [0.3, 0.4) is 0 Å². The minimum absolute atomic E-state index is 0.0211. The molecule has 0 saturated heterocycles. The fourth-order valence-corrected chi connectivity index (χ4v) is 5.66. The van der Waals surface area contributed by atoms with Gasteiger partial charge in [0.05, 0.1) is 23.8 Å². The fraction of sp³-hybridized carbons (Fsp3) is 0.545. The highest BCUT2D eigenvalue weighted by atomic mass is 35.5. The first kappa shape index (κ1) is 34.0. The number of esters is 1. The Morgan fingerprint density at radius 2 is 1.81 bits per heavy atom. The summed E-state index contributed by atoms with van der Waals surface area (Å²) in [6, 6.07) is 9.41. The van der Waals surface area contributed by atoms with Gasteiger partial charge in [-0.25, -0.2) is 4.68 Å². The van der Waals surface area contributed by atoms with Crippen molar-refractivity contribution in [3.8, 4) is 11.3 Å². The van der Waals surface area contributed by atoms with Crippen molar-refractivity contribution in [3.63, 3.8) is 0 Å². The van der Waals surface area contributed by atoms with Gasteiger partial charge < -0.3 is 15.0 Å². The summed E-state index contributed by atoms with van der Waals surface area (Å²) in [5.74, 6) is -0.408. The third-order valence-corrected chi connectivity index (χ3v) is 8.46. The first-order valence-corrected chi connectivity index (χ1v) is 15.2. The zero-order chi connectivity index (χ0) is 32.0. The molecule has 0 unspecified atom stereocenters. The Morgan fingerprint density at radius 1 is 1.19 bits per heavy atom. The number of methoxy groups -OCH3 is 1. The minimum atomic E-state index is -0.616. The van der Waals surface area contributed by atoms with E-state index >= 15 is 0 Å². The molecular formula is C33H46ClN5O4. The predicted molar refractivity (Wildman–Crippen MR) is 169 cm³/mol. The van der Waals surface area contributed by atoms with Crippen molar-refractivity contribution in [2.45, 2.75) is 84.6 Å². The van der Waals surface area contributed by atoms with E-state index in [1.165, 1.54) is 7.11 Å². The van der Waals surface area contributed by atoms with Crippen LogP contribution in [0.4, 0.5) is 0 Å². The first-order valence-electron chi connectivity index (χ1n) is 14.8. The highest BCUT2D eigenvalue weighted by molar-refractivity contribution is 6.30. The van der Waals surface area contributed by atoms with E-state index < -0.39 is 11.0 Å². The average molecular weight is 612 g/mol. The highest BCUT2D eigenvalue weighted by Gasteiger charge is 2.41. The van der Waals surface area contributed by atoms with Crippen molar-refractivity contribution in [2.75, 3.05) is 20.2 Å². The Bertz CT molecular complexity index is 1380. The highest BCUT2D eigenvalue weighted by Crippen LogP contribution is 2.40. The van der Waals surface area contributed by atoms with Crippen molar-refractivity contribution in [3.05, 3.63) is 52.5 Å². The largest absolute Gasteiger partial charge is 0.469 e. The lowest BCUT2D eigenvalue weighted by atomic mass is 9.71. The van der Waals surface area contributed by atoms with E-state index in [1.54, 1.807) is 15.8 Å². The van der Waals surface area contributed by atoms with Crippen molar-refractivity contribution < 1.29 is 19.1 Å². The molecule has 2 amide bonds. The molecule has 0 aliphatic heterocycles. The number of halogens is 1. The van der Waals surface area contributed by atoms with Crippen LogP contribution in [0.15, 0.2) is 36.4 Å². The van der Waals surface area contributed by atoms with Crippen LogP contribution in [0, 0.1) is 16.7 Å². The van der Waals surface area contributed by atoms with Crippen LogP contribution in [0.2, 0.25) is 5.02 Å². The lowest BCUT2D eigenvalue weighted by Crippen LogP contribution is -2.52. The van der Waals surface area contributed by atoms with Crippen LogP contribution in [-0.4, -0.2) is 58.7 Å². The summed E-state index contributed by atoms with van der Waals surface area (Å²) in [6.45, 7) is 12.6. The second-order valence-electron chi connectivity index (χ2n) is 13.4. The number of benzene rings is 1. The quantitative estimate of drug-likeness (QED) is 0.255. The average Bonchev–Trinajstić information content (AvgIpc) is 2.94. The maximum Gasteiger partial charge on any atom is 0.311 e. The first-order chi connectivity index (χ1) is 20.1. The molecule has 10 heteroatoms. The van der Waals surface area contributed by atoms with Gasteiger partial charge >= 0.3 is 5.97 Å². The summed E-state index contributed by atoms with van der Waals surface area (Å²) >= 11 is 6.10. The van der Waals surface area contributed by atoms with Gasteiger partial charge in [0.15, 0.2) is 0 Å². The summed E-state index contributed by atoms with van der Waals surface area (Å²) in [7, 11) is 1.40. The second kappa shape index (κ2) is 13.9. The molecule has 0 spiro atoms. The van der Waals surface area contributed by atoms with Gasteiger partial charge in [-0.05, 0) is 76.5 Å². The molecule has 1 fully saturated rings. The molecule has 234 valence electrons. The zero-order valence-electron chi connectivity index (χ0n) is 26.5. The third kappa shape index (κ3) is 8.78. The third-order valence-electron chi connectivity index (χ3n) is 8.21. The molecular weight excluding hydrogens is 566 g/mol. The topological polar surface area (TPSA) is 117 Å². The minimum Gasteiger partial charge on any atom is -0.469 e. The lowest BCUT2D eigenvalue weighted by Gasteiger charge is -2.38. The van der Waals surface area contributed by atoms with Crippen LogP contribution < -0.4 is 10.8 Å². The molecule has 2 N–H and O–H groups in total. The SMILES string of the molecule is COC(=O)C1(C)CCC(C(=O)N(CC/C=C/n2nc(-c3ccc(Cl)cc3)cc(C(C)(C)C)c2=N)CC(C)(C)NC=O)CC1.